The van der Waals surface area contributed by atoms with Crippen LogP contribution in [0.25, 0.3) is 5.69 Å². The summed E-state index contributed by atoms with van der Waals surface area (Å²) in [6.45, 7) is 0. The van der Waals surface area contributed by atoms with Gasteiger partial charge in [0.2, 0.25) is 0 Å². The summed E-state index contributed by atoms with van der Waals surface area (Å²) < 4.78 is 15.6. The van der Waals surface area contributed by atoms with Crippen LogP contribution in [-0.2, 0) is 0 Å². The number of aromatic amines is 1. The monoisotopic (exact) mass is 345 g/mol. The number of nitrogens with zero attached hydrogens (tertiary/aromatic N) is 2. The molecule has 3 nitrogen and oxygen atoms in total. The Hall–Kier alpha value is -1.98. The average molecular weight is 346 g/mol. The molecule has 23 heavy (non-hydrogen) atoms. The lowest BCUT2D eigenvalue weighted by Gasteiger charge is -2.07. The van der Waals surface area contributed by atoms with Gasteiger partial charge in [-0.3, -0.25) is 9.67 Å². The SMILES string of the molecule is Fc1ccc(-n2c([C@H]3C[C@H]3c3ccc(Cl)cc3)n[nH]c2=S)cc1. The molecule has 1 heterocycles. The van der Waals surface area contributed by atoms with Crippen LogP contribution in [0.2, 0.25) is 5.02 Å². The molecule has 6 heteroatoms. The summed E-state index contributed by atoms with van der Waals surface area (Å²) in [6, 6.07) is 14.2. The van der Waals surface area contributed by atoms with Gasteiger partial charge in [0.25, 0.3) is 0 Å². The molecule has 1 aliphatic rings. The number of rotatable bonds is 3. The van der Waals surface area contributed by atoms with Gasteiger partial charge in [-0.25, -0.2) is 4.39 Å². The first kappa shape index (κ1) is 14.6. The normalized spacial score (nSPS) is 19.7. The van der Waals surface area contributed by atoms with Gasteiger partial charge in [-0.2, -0.15) is 5.10 Å². The van der Waals surface area contributed by atoms with Gasteiger partial charge in [0.05, 0.1) is 0 Å². The zero-order chi connectivity index (χ0) is 16.0. The van der Waals surface area contributed by atoms with Crippen molar-refractivity contribution in [3.63, 3.8) is 0 Å². The third kappa shape index (κ3) is 2.71. The number of benzene rings is 2. The predicted octanol–water partition coefficient (Wildman–Crippen LogP) is 4.99. The number of aromatic nitrogens is 3. The van der Waals surface area contributed by atoms with Crippen LogP contribution in [-0.4, -0.2) is 14.8 Å². The summed E-state index contributed by atoms with van der Waals surface area (Å²) in [7, 11) is 0. The van der Waals surface area contributed by atoms with Crippen molar-refractivity contribution >= 4 is 23.8 Å². The highest BCUT2D eigenvalue weighted by molar-refractivity contribution is 7.71. The van der Waals surface area contributed by atoms with E-state index in [1.807, 2.05) is 16.7 Å². The Bertz CT molecular complexity index is 899. The summed E-state index contributed by atoms with van der Waals surface area (Å²) in [5.74, 6) is 1.34. The van der Waals surface area contributed by atoms with Gasteiger partial charge in [-0.15, -0.1) is 0 Å². The molecule has 0 aliphatic heterocycles. The second-order valence-corrected chi connectivity index (χ2v) is 6.52. The average Bonchev–Trinajstić information content (AvgIpc) is 3.25. The molecule has 0 spiro atoms. The van der Waals surface area contributed by atoms with Crippen LogP contribution in [0.3, 0.4) is 0 Å². The second-order valence-electron chi connectivity index (χ2n) is 5.70. The maximum Gasteiger partial charge on any atom is 0.199 e. The van der Waals surface area contributed by atoms with E-state index >= 15 is 0 Å². The molecule has 1 saturated carbocycles. The van der Waals surface area contributed by atoms with E-state index in [9.17, 15) is 4.39 Å². The van der Waals surface area contributed by atoms with Crippen molar-refractivity contribution in [3.8, 4) is 5.69 Å². The number of halogens is 2. The third-order valence-electron chi connectivity index (χ3n) is 4.20. The van der Waals surface area contributed by atoms with E-state index in [4.69, 9.17) is 23.8 Å². The molecule has 2 aromatic carbocycles. The molecule has 4 rings (SSSR count). The second kappa shape index (κ2) is 5.58. The Labute approximate surface area is 142 Å². The fourth-order valence-electron chi connectivity index (χ4n) is 2.96. The van der Waals surface area contributed by atoms with E-state index in [0.717, 1.165) is 23.0 Å². The van der Waals surface area contributed by atoms with E-state index in [0.29, 0.717) is 16.6 Å². The maximum atomic E-state index is 13.1. The fraction of sp³-hybridized carbons (Fsp3) is 0.176. The number of H-pyrrole nitrogens is 1. The number of nitrogens with one attached hydrogen (secondary N) is 1. The Morgan fingerprint density at radius 3 is 2.48 bits per heavy atom. The maximum absolute atomic E-state index is 13.1. The van der Waals surface area contributed by atoms with Crippen molar-refractivity contribution in [1.29, 1.82) is 0 Å². The van der Waals surface area contributed by atoms with Crippen LogP contribution in [0.4, 0.5) is 4.39 Å². The van der Waals surface area contributed by atoms with Crippen LogP contribution in [0.15, 0.2) is 48.5 Å². The minimum Gasteiger partial charge on any atom is -0.272 e. The highest BCUT2D eigenvalue weighted by Gasteiger charge is 2.43. The fourth-order valence-corrected chi connectivity index (χ4v) is 3.33. The van der Waals surface area contributed by atoms with E-state index < -0.39 is 0 Å². The molecule has 3 aromatic rings. The van der Waals surface area contributed by atoms with Crippen molar-refractivity contribution in [1.82, 2.24) is 14.8 Å². The van der Waals surface area contributed by atoms with E-state index in [1.54, 1.807) is 12.1 Å². The van der Waals surface area contributed by atoms with Crippen molar-refractivity contribution in [2.45, 2.75) is 18.3 Å². The topological polar surface area (TPSA) is 33.6 Å². The molecule has 0 unspecified atom stereocenters. The Morgan fingerprint density at radius 1 is 1.09 bits per heavy atom. The Morgan fingerprint density at radius 2 is 1.78 bits per heavy atom. The summed E-state index contributed by atoms with van der Waals surface area (Å²) in [6.07, 6.45) is 1.02. The standard InChI is InChI=1S/C17H13ClFN3S/c18-11-3-1-10(2-4-11)14-9-15(14)16-20-21-17(23)22(16)13-7-5-12(19)6-8-13/h1-8,14-15H,9H2,(H,21,23)/t14-,15-/m0/s1. The molecular weight excluding hydrogens is 333 g/mol. The lowest BCUT2D eigenvalue weighted by Crippen LogP contribution is -2.01. The first-order valence-electron chi connectivity index (χ1n) is 7.32. The molecule has 1 aromatic heterocycles. The molecule has 0 bridgehead atoms. The lowest BCUT2D eigenvalue weighted by molar-refractivity contribution is 0.627. The predicted molar refractivity (Wildman–Crippen MR) is 90.3 cm³/mol. The largest absolute Gasteiger partial charge is 0.272 e. The molecule has 0 saturated heterocycles. The smallest absolute Gasteiger partial charge is 0.199 e. The molecule has 116 valence electrons. The summed E-state index contributed by atoms with van der Waals surface area (Å²) >= 11 is 11.3. The zero-order valence-corrected chi connectivity index (χ0v) is 13.6. The number of hydrogen-bond donors (Lipinski definition) is 1. The number of hydrogen-bond acceptors (Lipinski definition) is 2. The van der Waals surface area contributed by atoms with E-state index in [2.05, 4.69) is 22.3 Å². The van der Waals surface area contributed by atoms with Crippen molar-refractivity contribution < 1.29 is 4.39 Å². The van der Waals surface area contributed by atoms with Crippen LogP contribution in [0.5, 0.6) is 0 Å². The van der Waals surface area contributed by atoms with Crippen molar-refractivity contribution in [2.75, 3.05) is 0 Å². The molecule has 1 N–H and O–H groups in total. The highest BCUT2D eigenvalue weighted by atomic mass is 35.5. The molecule has 0 amide bonds. The molecular formula is C17H13ClFN3S. The minimum absolute atomic E-state index is 0.268. The molecule has 1 aliphatic carbocycles. The first-order valence-corrected chi connectivity index (χ1v) is 8.11. The van der Waals surface area contributed by atoms with Gasteiger partial charge in [-0.05, 0) is 66.5 Å². The highest BCUT2D eigenvalue weighted by Crippen LogP contribution is 2.54. The van der Waals surface area contributed by atoms with Crippen molar-refractivity contribution in [2.24, 2.45) is 0 Å². The van der Waals surface area contributed by atoms with Gasteiger partial charge in [0, 0.05) is 16.6 Å². The van der Waals surface area contributed by atoms with Gasteiger partial charge in [-0.1, -0.05) is 23.7 Å². The lowest BCUT2D eigenvalue weighted by atomic mass is 10.1. The summed E-state index contributed by atoms with van der Waals surface area (Å²) in [5, 5.41) is 7.99. The quantitative estimate of drug-likeness (QED) is 0.678. The molecule has 2 atom stereocenters. The van der Waals surface area contributed by atoms with Crippen LogP contribution >= 0.6 is 23.8 Å². The van der Waals surface area contributed by atoms with E-state index in [-0.39, 0.29) is 5.82 Å². The molecule has 0 radical (unpaired) electrons. The van der Waals surface area contributed by atoms with Crippen molar-refractivity contribution in [3.05, 3.63) is 75.5 Å². The van der Waals surface area contributed by atoms with Gasteiger partial charge < -0.3 is 0 Å². The van der Waals surface area contributed by atoms with Crippen LogP contribution < -0.4 is 0 Å². The van der Waals surface area contributed by atoms with Gasteiger partial charge in [0.1, 0.15) is 11.6 Å². The Kier molecular flexibility index (Phi) is 3.54. The minimum atomic E-state index is -0.268. The van der Waals surface area contributed by atoms with Gasteiger partial charge >= 0.3 is 0 Å². The van der Waals surface area contributed by atoms with Crippen LogP contribution in [0, 0.1) is 10.6 Å². The third-order valence-corrected chi connectivity index (χ3v) is 4.73. The summed E-state index contributed by atoms with van der Waals surface area (Å²) in [5.41, 5.74) is 2.07. The van der Waals surface area contributed by atoms with E-state index in [1.165, 1.54) is 17.7 Å². The Balaban J connectivity index is 1.68. The molecule has 1 fully saturated rings. The summed E-state index contributed by atoms with van der Waals surface area (Å²) in [4.78, 5) is 0. The van der Waals surface area contributed by atoms with Gasteiger partial charge in [0.15, 0.2) is 4.77 Å². The zero-order valence-electron chi connectivity index (χ0n) is 12.0. The first-order chi connectivity index (χ1) is 11.1. The van der Waals surface area contributed by atoms with Crippen LogP contribution in [0.1, 0.15) is 29.6 Å².